The minimum atomic E-state index is -4.55. The number of nitro benzene ring substituents is 1. The number of carbonyl (C=O) groups is 2. The predicted octanol–water partition coefficient (Wildman–Crippen LogP) is 5.93. The molecule has 4 aromatic carbocycles. The number of rotatable bonds is 15. The maximum Gasteiger partial charge on any atom is 0.273 e. The maximum absolute atomic E-state index is 14.5. The van der Waals surface area contributed by atoms with Crippen molar-refractivity contribution in [2.75, 3.05) is 24.5 Å². The van der Waals surface area contributed by atoms with Gasteiger partial charge in [0.25, 0.3) is 15.7 Å². The Morgan fingerprint density at radius 3 is 2.23 bits per heavy atom. The van der Waals surface area contributed by atoms with Crippen molar-refractivity contribution in [3.8, 4) is 5.75 Å². The van der Waals surface area contributed by atoms with E-state index in [4.69, 9.17) is 16.3 Å². The van der Waals surface area contributed by atoms with Gasteiger partial charge in [-0.15, -0.1) is 0 Å². The second-order valence-electron chi connectivity index (χ2n) is 11.1. The van der Waals surface area contributed by atoms with Gasteiger partial charge in [0.05, 0.1) is 22.6 Å². The van der Waals surface area contributed by atoms with Gasteiger partial charge in [-0.05, 0) is 66.9 Å². The van der Waals surface area contributed by atoms with Crippen LogP contribution in [0.1, 0.15) is 30.0 Å². The number of hydrogen-bond acceptors (Lipinski definition) is 7. The average Bonchev–Trinajstić information content (AvgIpc) is 3.08. The fourth-order valence-electron chi connectivity index (χ4n) is 5.06. The van der Waals surface area contributed by atoms with Gasteiger partial charge in [0.15, 0.2) is 0 Å². The molecule has 48 heavy (non-hydrogen) atoms. The topological polar surface area (TPSA) is 139 Å². The molecule has 0 aliphatic heterocycles. The Bertz CT molecular complexity index is 1840. The second kappa shape index (κ2) is 16.2. The van der Waals surface area contributed by atoms with Gasteiger partial charge < -0.3 is 15.0 Å². The van der Waals surface area contributed by atoms with E-state index in [1.165, 1.54) is 43.2 Å². The van der Waals surface area contributed by atoms with Crippen LogP contribution in [0.2, 0.25) is 5.02 Å². The molecule has 4 aromatic rings. The van der Waals surface area contributed by atoms with E-state index < -0.39 is 39.3 Å². The normalized spacial score (nSPS) is 11.8. The van der Waals surface area contributed by atoms with E-state index in [0.29, 0.717) is 29.3 Å². The zero-order valence-corrected chi connectivity index (χ0v) is 28.4. The van der Waals surface area contributed by atoms with Crippen molar-refractivity contribution in [1.82, 2.24) is 10.2 Å². The van der Waals surface area contributed by atoms with Crippen LogP contribution in [-0.2, 0) is 32.6 Å². The highest BCUT2D eigenvalue weighted by molar-refractivity contribution is 7.92. The van der Waals surface area contributed by atoms with Crippen LogP contribution in [0, 0.1) is 17.0 Å². The first-order chi connectivity index (χ1) is 22.9. The molecule has 0 spiro atoms. The van der Waals surface area contributed by atoms with Crippen LogP contribution >= 0.6 is 11.6 Å². The summed E-state index contributed by atoms with van der Waals surface area (Å²) in [5.41, 5.74) is 1.49. The van der Waals surface area contributed by atoms with Gasteiger partial charge in [0, 0.05) is 36.2 Å². The zero-order chi connectivity index (χ0) is 34.8. The molecule has 0 bridgehead atoms. The van der Waals surface area contributed by atoms with Crippen LogP contribution in [-0.4, -0.2) is 56.3 Å². The third-order valence-corrected chi connectivity index (χ3v) is 9.71. The lowest BCUT2D eigenvalue weighted by Crippen LogP contribution is -2.53. The Hall–Kier alpha value is -4.94. The van der Waals surface area contributed by atoms with E-state index in [2.05, 4.69) is 5.32 Å². The molecule has 0 heterocycles. The third kappa shape index (κ3) is 8.90. The minimum absolute atomic E-state index is 0.0282. The number of halogens is 1. The summed E-state index contributed by atoms with van der Waals surface area (Å²) in [6.45, 7) is 3.06. The Morgan fingerprint density at radius 2 is 1.62 bits per heavy atom. The number of benzene rings is 4. The SMILES string of the molecule is CCCNC(=O)[C@@H](Cc1ccccc1)N(Cc1ccc(Cl)cc1)C(=O)CN(c1ccc(OC)cc1)S(=O)(=O)c1ccc(C)c([N+](=O)[O-])c1. The number of nitrogens with one attached hydrogen (secondary N) is 1. The molecule has 13 heteroatoms. The Labute approximate surface area is 285 Å². The number of methoxy groups -OCH3 is 1. The molecule has 1 atom stereocenters. The number of carbonyl (C=O) groups excluding carboxylic acids is 2. The molecular formula is C35H37ClN4O7S. The quantitative estimate of drug-likeness (QED) is 0.120. The molecule has 0 aliphatic rings. The van der Waals surface area contributed by atoms with Crippen LogP contribution in [0.3, 0.4) is 0 Å². The molecule has 0 saturated carbocycles. The highest BCUT2D eigenvalue weighted by atomic mass is 35.5. The molecule has 252 valence electrons. The van der Waals surface area contributed by atoms with Gasteiger partial charge in [0.2, 0.25) is 11.8 Å². The molecule has 2 amide bonds. The van der Waals surface area contributed by atoms with Crippen LogP contribution < -0.4 is 14.4 Å². The summed E-state index contributed by atoms with van der Waals surface area (Å²) in [6.07, 6.45) is 0.830. The number of nitrogens with zero attached hydrogens (tertiary/aromatic N) is 3. The molecule has 0 fully saturated rings. The third-order valence-electron chi connectivity index (χ3n) is 7.69. The van der Waals surface area contributed by atoms with Gasteiger partial charge in [-0.25, -0.2) is 8.42 Å². The van der Waals surface area contributed by atoms with Crippen LogP contribution in [0.4, 0.5) is 11.4 Å². The van der Waals surface area contributed by atoms with Gasteiger partial charge >= 0.3 is 0 Å². The number of anilines is 1. The summed E-state index contributed by atoms with van der Waals surface area (Å²) in [5, 5.41) is 15.1. The standard InChI is InChI=1S/C35H37ClN4O7S/c1-4-20-37-35(42)33(21-26-8-6-5-7-9-26)38(23-27-11-13-28(36)14-12-27)34(41)24-39(29-15-17-30(47-3)18-16-29)48(45,46)31-19-10-25(2)32(22-31)40(43)44/h5-19,22,33H,4,20-21,23-24H2,1-3H3,(H,37,42)/t33-/m1/s1. The Balaban J connectivity index is 1.83. The van der Waals surface area contributed by atoms with Crippen molar-refractivity contribution >= 4 is 44.8 Å². The lowest BCUT2D eigenvalue weighted by molar-refractivity contribution is -0.385. The average molecular weight is 693 g/mol. The van der Waals surface area contributed by atoms with E-state index in [1.807, 2.05) is 37.3 Å². The van der Waals surface area contributed by atoms with Gasteiger partial charge in [0.1, 0.15) is 18.3 Å². The largest absolute Gasteiger partial charge is 0.497 e. The highest BCUT2D eigenvalue weighted by Crippen LogP contribution is 2.30. The second-order valence-corrected chi connectivity index (χ2v) is 13.4. The van der Waals surface area contributed by atoms with E-state index in [-0.39, 0.29) is 34.8 Å². The van der Waals surface area contributed by atoms with Crippen molar-refractivity contribution in [1.29, 1.82) is 0 Å². The molecule has 4 rings (SSSR count). The lowest BCUT2D eigenvalue weighted by atomic mass is 10.0. The summed E-state index contributed by atoms with van der Waals surface area (Å²) >= 11 is 6.13. The number of amides is 2. The summed E-state index contributed by atoms with van der Waals surface area (Å²) in [4.78, 5) is 40.3. The van der Waals surface area contributed by atoms with Crippen molar-refractivity contribution in [2.24, 2.45) is 0 Å². The molecule has 0 radical (unpaired) electrons. The minimum Gasteiger partial charge on any atom is -0.497 e. The molecule has 0 aliphatic carbocycles. The summed E-state index contributed by atoms with van der Waals surface area (Å²) in [6, 6.07) is 24.6. The number of aryl methyl sites for hydroxylation is 1. The van der Waals surface area contributed by atoms with E-state index in [0.717, 1.165) is 15.9 Å². The van der Waals surface area contributed by atoms with Gasteiger partial charge in [-0.1, -0.05) is 67.1 Å². The molecule has 11 nitrogen and oxygen atoms in total. The number of ether oxygens (including phenoxy) is 1. The van der Waals surface area contributed by atoms with E-state index >= 15 is 0 Å². The zero-order valence-electron chi connectivity index (χ0n) is 26.8. The van der Waals surface area contributed by atoms with Crippen molar-refractivity contribution < 1.29 is 27.7 Å². The van der Waals surface area contributed by atoms with Crippen LogP contribution in [0.25, 0.3) is 0 Å². The van der Waals surface area contributed by atoms with Gasteiger partial charge in [-0.3, -0.25) is 24.0 Å². The summed E-state index contributed by atoms with van der Waals surface area (Å²) in [5.74, 6) is -0.608. The van der Waals surface area contributed by atoms with Crippen LogP contribution in [0.15, 0.2) is 102 Å². The highest BCUT2D eigenvalue weighted by Gasteiger charge is 2.35. The summed E-state index contributed by atoms with van der Waals surface area (Å²) < 4.78 is 34.7. The van der Waals surface area contributed by atoms with E-state index in [1.54, 1.807) is 36.4 Å². The van der Waals surface area contributed by atoms with E-state index in [9.17, 15) is 28.1 Å². The number of hydrogen-bond donors (Lipinski definition) is 1. The Morgan fingerprint density at radius 1 is 0.958 bits per heavy atom. The molecule has 1 N–H and O–H groups in total. The molecule has 0 unspecified atom stereocenters. The monoisotopic (exact) mass is 692 g/mol. The first kappa shape index (κ1) is 35.9. The van der Waals surface area contributed by atoms with Crippen LogP contribution in [0.5, 0.6) is 5.75 Å². The van der Waals surface area contributed by atoms with Gasteiger partial charge in [-0.2, -0.15) is 0 Å². The first-order valence-electron chi connectivity index (χ1n) is 15.2. The number of sulfonamides is 1. The maximum atomic E-state index is 14.5. The number of nitro groups is 1. The predicted molar refractivity (Wildman–Crippen MR) is 185 cm³/mol. The summed E-state index contributed by atoms with van der Waals surface area (Å²) in [7, 11) is -3.09. The first-order valence-corrected chi connectivity index (χ1v) is 17.0. The van der Waals surface area contributed by atoms with Crippen molar-refractivity contribution in [2.45, 2.75) is 44.2 Å². The molecular weight excluding hydrogens is 656 g/mol. The van der Waals surface area contributed by atoms with Crippen molar-refractivity contribution in [3.05, 3.63) is 129 Å². The lowest BCUT2D eigenvalue weighted by Gasteiger charge is -2.34. The molecule has 0 aromatic heterocycles. The Kier molecular flexibility index (Phi) is 12.2. The van der Waals surface area contributed by atoms with Crippen molar-refractivity contribution in [3.63, 3.8) is 0 Å². The molecule has 0 saturated heterocycles. The fraction of sp³-hybridized carbons (Fsp3) is 0.257. The smallest absolute Gasteiger partial charge is 0.273 e. The fourth-order valence-corrected chi connectivity index (χ4v) is 6.62.